The van der Waals surface area contributed by atoms with Gasteiger partial charge in [-0.1, -0.05) is 23.5 Å². The average Bonchev–Trinajstić information content (AvgIpc) is 2.80. The standard InChI is InChI=1S/2C12H10O2S.CH2O3/c2*13-9-1-5-11(6-2-9)15-12-7-3-10(14)4-8-12;2-1(3)4/h2*1-8,13-14H;(H2,2,3,4)/p-2. The van der Waals surface area contributed by atoms with Gasteiger partial charge in [-0.15, -0.1) is 0 Å². The molecule has 0 radical (unpaired) electrons. The van der Waals surface area contributed by atoms with Crippen molar-refractivity contribution in [2.45, 2.75) is 19.6 Å². The topological polar surface area (TPSA) is 144 Å². The van der Waals surface area contributed by atoms with Crippen LogP contribution in [-0.4, -0.2) is 26.6 Å². The second kappa shape index (κ2) is 13.6. The first-order valence-corrected chi connectivity index (χ1v) is 11.2. The van der Waals surface area contributed by atoms with Gasteiger partial charge in [0.2, 0.25) is 0 Å². The fourth-order valence-electron chi connectivity index (χ4n) is 2.33. The minimum atomic E-state index is -2.33. The van der Waals surface area contributed by atoms with Gasteiger partial charge in [-0.25, -0.2) is 0 Å². The summed E-state index contributed by atoms with van der Waals surface area (Å²) < 4.78 is 0. The number of hydrogen-bond acceptors (Lipinski definition) is 9. The van der Waals surface area contributed by atoms with Gasteiger partial charge in [0.25, 0.3) is 0 Å². The van der Waals surface area contributed by atoms with E-state index in [2.05, 4.69) is 0 Å². The maximum Gasteiger partial charge on any atom is 0.115 e. The first-order valence-electron chi connectivity index (χ1n) is 9.61. The summed E-state index contributed by atoms with van der Waals surface area (Å²) >= 11 is 3.17. The van der Waals surface area contributed by atoms with Crippen LogP contribution in [0.25, 0.3) is 0 Å². The van der Waals surface area contributed by atoms with Crippen molar-refractivity contribution in [2.75, 3.05) is 0 Å². The number of rotatable bonds is 4. The van der Waals surface area contributed by atoms with Gasteiger partial charge in [-0.3, -0.25) is 0 Å². The molecule has 0 amide bonds. The minimum Gasteiger partial charge on any atom is -0.652 e. The van der Waals surface area contributed by atoms with Crippen LogP contribution in [0, 0.1) is 0 Å². The normalized spacial score (nSPS) is 9.65. The van der Waals surface area contributed by atoms with Gasteiger partial charge in [-0.05, 0) is 103 Å². The number of carboxylic acid groups (broad SMARTS) is 2. The molecule has 0 bridgehead atoms. The van der Waals surface area contributed by atoms with Crippen LogP contribution in [0.1, 0.15) is 0 Å². The van der Waals surface area contributed by atoms with Crippen LogP contribution < -0.4 is 10.2 Å². The van der Waals surface area contributed by atoms with Crippen LogP contribution in [0.5, 0.6) is 23.0 Å². The van der Waals surface area contributed by atoms with E-state index in [0.29, 0.717) is 0 Å². The zero-order valence-corrected chi connectivity index (χ0v) is 19.2. The highest BCUT2D eigenvalue weighted by Gasteiger charge is 1.98. The number of benzene rings is 4. The van der Waals surface area contributed by atoms with Gasteiger partial charge in [0, 0.05) is 19.6 Å². The van der Waals surface area contributed by atoms with Crippen LogP contribution >= 0.6 is 23.5 Å². The van der Waals surface area contributed by atoms with E-state index in [1.165, 1.54) is 0 Å². The fraction of sp³-hybridized carbons (Fsp3) is 0. The highest BCUT2D eigenvalue weighted by molar-refractivity contribution is 7.99. The summed E-state index contributed by atoms with van der Waals surface area (Å²) in [6.45, 7) is 0. The van der Waals surface area contributed by atoms with Crippen LogP contribution in [0.2, 0.25) is 0 Å². The summed E-state index contributed by atoms with van der Waals surface area (Å²) in [6.07, 6.45) is -2.33. The summed E-state index contributed by atoms with van der Waals surface area (Å²) in [6, 6.07) is 28.1. The Morgan fingerprint density at radius 2 is 0.588 bits per heavy atom. The maximum absolute atomic E-state index is 9.12. The second-order valence-electron chi connectivity index (χ2n) is 6.43. The molecule has 0 heterocycles. The van der Waals surface area contributed by atoms with Crippen LogP contribution in [0.4, 0.5) is 4.79 Å². The van der Waals surface area contributed by atoms with Crippen molar-refractivity contribution in [3.63, 3.8) is 0 Å². The predicted molar refractivity (Wildman–Crippen MR) is 126 cm³/mol. The lowest BCUT2D eigenvalue weighted by atomic mass is 10.3. The molecule has 0 aliphatic rings. The van der Waals surface area contributed by atoms with E-state index >= 15 is 0 Å². The lowest BCUT2D eigenvalue weighted by Crippen LogP contribution is -2.37. The molecule has 0 aliphatic carbocycles. The highest BCUT2D eigenvalue weighted by Crippen LogP contribution is 2.30. The van der Waals surface area contributed by atoms with Crippen LogP contribution in [0.3, 0.4) is 0 Å². The smallest absolute Gasteiger partial charge is 0.115 e. The molecule has 0 saturated heterocycles. The van der Waals surface area contributed by atoms with Crippen molar-refractivity contribution in [3.8, 4) is 23.0 Å². The molecular formula is C25H20O7S2-2. The molecule has 0 fully saturated rings. The van der Waals surface area contributed by atoms with E-state index in [9.17, 15) is 0 Å². The van der Waals surface area contributed by atoms with Crippen molar-refractivity contribution in [3.05, 3.63) is 97.1 Å². The van der Waals surface area contributed by atoms with Crippen molar-refractivity contribution >= 4 is 29.7 Å². The Kier molecular flexibility index (Phi) is 10.5. The zero-order chi connectivity index (χ0) is 24.9. The average molecular weight is 497 g/mol. The van der Waals surface area contributed by atoms with Gasteiger partial charge in [0.15, 0.2) is 0 Å². The quantitative estimate of drug-likeness (QED) is 0.329. The summed E-state index contributed by atoms with van der Waals surface area (Å²) in [4.78, 5) is 12.5. The van der Waals surface area contributed by atoms with E-state index in [1.807, 2.05) is 48.5 Å². The number of phenols is 4. The van der Waals surface area contributed by atoms with Gasteiger partial charge in [0.1, 0.15) is 23.0 Å². The molecule has 4 aromatic rings. The van der Waals surface area contributed by atoms with Gasteiger partial charge < -0.3 is 35.4 Å². The Morgan fingerprint density at radius 3 is 0.735 bits per heavy atom. The number of carbonyl (C=O) groups excluding carboxylic acids is 1. The number of phenolic OH excluding ortho intramolecular Hbond substituents is 4. The van der Waals surface area contributed by atoms with Crippen molar-refractivity contribution in [2.24, 2.45) is 0 Å². The molecule has 0 atom stereocenters. The SMILES string of the molecule is O=C([O-])[O-].Oc1ccc(Sc2ccc(O)cc2)cc1.Oc1ccc(Sc2ccc(O)cc2)cc1. The summed E-state index contributed by atoms with van der Waals surface area (Å²) in [5, 5.41) is 53.1. The third kappa shape index (κ3) is 10.6. The largest absolute Gasteiger partial charge is 0.652 e. The molecule has 0 saturated carbocycles. The molecule has 176 valence electrons. The number of hydrogen-bond donors (Lipinski definition) is 4. The molecule has 4 aromatic carbocycles. The van der Waals surface area contributed by atoms with Gasteiger partial charge >= 0.3 is 0 Å². The van der Waals surface area contributed by atoms with Crippen molar-refractivity contribution in [1.82, 2.24) is 0 Å². The van der Waals surface area contributed by atoms with E-state index in [4.69, 9.17) is 35.4 Å². The third-order valence-corrected chi connectivity index (χ3v) is 5.85. The van der Waals surface area contributed by atoms with E-state index in [-0.39, 0.29) is 23.0 Å². The predicted octanol–water partition coefficient (Wildman–Crippen LogP) is 4.05. The van der Waals surface area contributed by atoms with Crippen LogP contribution in [0.15, 0.2) is 117 Å². The molecule has 4 rings (SSSR count). The Hall–Kier alpha value is -3.95. The molecule has 0 unspecified atom stereocenters. The monoisotopic (exact) mass is 496 g/mol. The molecule has 7 nitrogen and oxygen atoms in total. The van der Waals surface area contributed by atoms with E-state index in [1.54, 1.807) is 72.1 Å². The number of aromatic hydroxyl groups is 4. The fourth-order valence-corrected chi connectivity index (χ4v) is 3.96. The molecule has 4 N–H and O–H groups in total. The lowest BCUT2D eigenvalue weighted by molar-refractivity contribution is -0.415. The van der Waals surface area contributed by atoms with E-state index in [0.717, 1.165) is 19.6 Å². The second-order valence-corrected chi connectivity index (χ2v) is 8.72. The van der Waals surface area contributed by atoms with Crippen molar-refractivity contribution in [1.29, 1.82) is 0 Å². The summed E-state index contributed by atoms with van der Waals surface area (Å²) in [7, 11) is 0. The van der Waals surface area contributed by atoms with Gasteiger partial charge in [-0.2, -0.15) is 0 Å². The molecule has 0 spiro atoms. The molecule has 0 aromatic heterocycles. The third-order valence-electron chi connectivity index (χ3n) is 3.82. The maximum atomic E-state index is 9.12. The molecule has 9 heteroatoms. The summed E-state index contributed by atoms with van der Waals surface area (Å²) in [5.41, 5.74) is 0. The first-order chi connectivity index (χ1) is 16.2. The molecular weight excluding hydrogens is 476 g/mol. The van der Waals surface area contributed by atoms with E-state index < -0.39 is 6.16 Å². The van der Waals surface area contributed by atoms with Gasteiger partial charge in [0.05, 0.1) is 0 Å². The Balaban J connectivity index is 0.000000208. The molecule has 34 heavy (non-hydrogen) atoms. The Morgan fingerprint density at radius 1 is 0.441 bits per heavy atom. The number of carbonyl (C=O) groups is 1. The molecule has 0 aliphatic heterocycles. The Labute approximate surface area is 204 Å². The highest BCUT2D eigenvalue weighted by atomic mass is 32.2. The van der Waals surface area contributed by atoms with Crippen LogP contribution in [-0.2, 0) is 0 Å². The first kappa shape index (κ1) is 26.3. The lowest BCUT2D eigenvalue weighted by Gasteiger charge is -2.01. The van der Waals surface area contributed by atoms with Crippen molar-refractivity contribution < 1.29 is 35.4 Å². The summed E-state index contributed by atoms with van der Waals surface area (Å²) in [5.74, 6) is 1.07. The Bertz CT molecular complexity index is 966. The zero-order valence-electron chi connectivity index (χ0n) is 17.6. The minimum absolute atomic E-state index is 0.269.